The maximum Gasteiger partial charge on any atom is 0.258 e. The smallest absolute Gasteiger partial charge is 0.258 e. The zero-order chi connectivity index (χ0) is 21.8. The number of nitrogens with zero attached hydrogens (tertiary/aromatic N) is 2. The summed E-state index contributed by atoms with van der Waals surface area (Å²) in [7, 11) is 1.77. The molecule has 4 aromatic rings. The van der Waals surface area contributed by atoms with Gasteiger partial charge in [-0.25, -0.2) is 9.37 Å². The summed E-state index contributed by atoms with van der Waals surface area (Å²) in [4.78, 5) is 21.3. The van der Waals surface area contributed by atoms with Crippen LogP contribution < -0.4 is 16.0 Å². The number of carbonyl (C=O) groups is 1. The third-order valence-corrected chi connectivity index (χ3v) is 4.91. The second-order valence-electron chi connectivity index (χ2n) is 6.79. The van der Waals surface area contributed by atoms with Gasteiger partial charge in [0, 0.05) is 29.7 Å². The Kier molecular flexibility index (Phi) is 5.95. The highest BCUT2D eigenvalue weighted by atomic mass is 35.5. The molecule has 0 aliphatic carbocycles. The molecule has 3 N–H and O–H groups in total. The predicted octanol–water partition coefficient (Wildman–Crippen LogP) is 5.33. The Morgan fingerprint density at radius 1 is 1.03 bits per heavy atom. The van der Waals surface area contributed by atoms with Crippen molar-refractivity contribution in [3.05, 3.63) is 88.7 Å². The molecule has 8 heteroatoms. The topological polar surface area (TPSA) is 78.9 Å². The molecule has 0 unspecified atom stereocenters. The summed E-state index contributed by atoms with van der Waals surface area (Å²) in [5.41, 5.74) is 2.33. The van der Waals surface area contributed by atoms with Crippen molar-refractivity contribution < 1.29 is 9.18 Å². The Morgan fingerprint density at radius 3 is 2.55 bits per heavy atom. The highest BCUT2D eigenvalue weighted by molar-refractivity contribution is 6.30. The van der Waals surface area contributed by atoms with Crippen LogP contribution in [0.25, 0.3) is 10.9 Å². The summed E-state index contributed by atoms with van der Waals surface area (Å²) in [5, 5.41) is 10.2. The number of amides is 1. The third-order valence-electron chi connectivity index (χ3n) is 4.67. The van der Waals surface area contributed by atoms with Crippen LogP contribution in [0.4, 0.5) is 21.8 Å². The molecule has 0 spiro atoms. The number of hydrogen-bond acceptors (Lipinski definition) is 5. The molecular formula is C23H19ClFN5O. The third kappa shape index (κ3) is 4.73. The number of aromatic nitrogens is 2. The number of carbonyl (C=O) groups excluding carboxylic acids is 1. The second kappa shape index (κ2) is 8.97. The molecule has 6 nitrogen and oxygen atoms in total. The molecule has 156 valence electrons. The van der Waals surface area contributed by atoms with Crippen LogP contribution in [0.15, 0.2) is 66.7 Å². The van der Waals surface area contributed by atoms with E-state index in [0.717, 1.165) is 28.4 Å². The number of para-hydroxylation sites is 1. The van der Waals surface area contributed by atoms with Crippen LogP contribution in [0.3, 0.4) is 0 Å². The maximum absolute atomic E-state index is 13.9. The van der Waals surface area contributed by atoms with Gasteiger partial charge in [-0.15, -0.1) is 0 Å². The van der Waals surface area contributed by atoms with E-state index in [4.69, 9.17) is 11.6 Å². The lowest BCUT2D eigenvalue weighted by atomic mass is 10.1. The van der Waals surface area contributed by atoms with Crippen LogP contribution in [-0.4, -0.2) is 22.9 Å². The number of anilines is 3. The Hall–Kier alpha value is -3.71. The second-order valence-corrected chi connectivity index (χ2v) is 7.23. The predicted molar refractivity (Wildman–Crippen MR) is 122 cm³/mol. The zero-order valence-corrected chi connectivity index (χ0v) is 17.4. The molecule has 0 saturated carbocycles. The van der Waals surface area contributed by atoms with Crippen molar-refractivity contribution in [2.24, 2.45) is 0 Å². The van der Waals surface area contributed by atoms with Gasteiger partial charge in [0.1, 0.15) is 11.6 Å². The molecule has 1 heterocycles. The van der Waals surface area contributed by atoms with Crippen molar-refractivity contribution in [2.75, 3.05) is 23.0 Å². The molecule has 31 heavy (non-hydrogen) atoms. The lowest BCUT2D eigenvalue weighted by Crippen LogP contribution is -2.13. The van der Waals surface area contributed by atoms with Gasteiger partial charge >= 0.3 is 0 Å². The van der Waals surface area contributed by atoms with Crippen molar-refractivity contribution in [1.29, 1.82) is 0 Å². The van der Waals surface area contributed by atoms with E-state index in [1.807, 2.05) is 36.4 Å². The summed E-state index contributed by atoms with van der Waals surface area (Å²) in [5.74, 6) is 0.0650. The van der Waals surface area contributed by atoms with Gasteiger partial charge in [0.2, 0.25) is 5.95 Å². The van der Waals surface area contributed by atoms with Crippen molar-refractivity contribution in [3.63, 3.8) is 0 Å². The summed E-state index contributed by atoms with van der Waals surface area (Å²) in [6.07, 6.45) is 0. The SMILES string of the molecule is CNc1nc(NCc2ccc(NC(=O)c3ccc(Cl)cc3F)cc2)c2ccccc2n1. The van der Waals surface area contributed by atoms with Gasteiger partial charge in [-0.2, -0.15) is 4.98 Å². The largest absolute Gasteiger partial charge is 0.365 e. The van der Waals surface area contributed by atoms with E-state index in [0.29, 0.717) is 18.2 Å². The number of benzene rings is 3. The Labute approximate surface area is 183 Å². The molecular weight excluding hydrogens is 417 g/mol. The maximum atomic E-state index is 13.9. The summed E-state index contributed by atoms with van der Waals surface area (Å²) in [6, 6.07) is 19.0. The Morgan fingerprint density at radius 2 is 1.81 bits per heavy atom. The molecule has 0 aliphatic rings. The average Bonchev–Trinajstić information content (AvgIpc) is 2.78. The van der Waals surface area contributed by atoms with E-state index in [9.17, 15) is 9.18 Å². The normalized spacial score (nSPS) is 10.7. The number of rotatable bonds is 6. The molecule has 0 fully saturated rings. The number of halogens is 2. The highest BCUT2D eigenvalue weighted by Gasteiger charge is 2.12. The fourth-order valence-electron chi connectivity index (χ4n) is 3.09. The van der Waals surface area contributed by atoms with Crippen LogP contribution in [0, 0.1) is 5.82 Å². The summed E-state index contributed by atoms with van der Waals surface area (Å²) in [6.45, 7) is 0.532. The molecule has 3 aromatic carbocycles. The van der Waals surface area contributed by atoms with Crippen LogP contribution >= 0.6 is 11.6 Å². The van der Waals surface area contributed by atoms with Gasteiger partial charge in [-0.1, -0.05) is 35.9 Å². The fraction of sp³-hybridized carbons (Fsp3) is 0.0870. The molecule has 0 aliphatic heterocycles. The first-order valence-corrected chi connectivity index (χ1v) is 9.95. The molecule has 0 bridgehead atoms. The number of fused-ring (bicyclic) bond motifs is 1. The quantitative estimate of drug-likeness (QED) is 0.381. The zero-order valence-electron chi connectivity index (χ0n) is 16.6. The van der Waals surface area contributed by atoms with Gasteiger partial charge < -0.3 is 16.0 Å². The molecule has 4 rings (SSSR count). The Balaban J connectivity index is 1.45. The van der Waals surface area contributed by atoms with Crippen LogP contribution in [0.2, 0.25) is 5.02 Å². The van der Waals surface area contributed by atoms with E-state index in [2.05, 4.69) is 25.9 Å². The monoisotopic (exact) mass is 435 g/mol. The number of hydrogen-bond donors (Lipinski definition) is 3. The van der Waals surface area contributed by atoms with Gasteiger partial charge in [-0.05, 0) is 48.0 Å². The van der Waals surface area contributed by atoms with Crippen LogP contribution in [-0.2, 0) is 6.54 Å². The van der Waals surface area contributed by atoms with Gasteiger partial charge in [0.15, 0.2) is 0 Å². The highest BCUT2D eigenvalue weighted by Crippen LogP contribution is 2.23. The van der Waals surface area contributed by atoms with E-state index in [-0.39, 0.29) is 10.6 Å². The summed E-state index contributed by atoms with van der Waals surface area (Å²) < 4.78 is 13.9. The molecule has 1 amide bonds. The van der Waals surface area contributed by atoms with Gasteiger partial charge in [0.25, 0.3) is 5.91 Å². The van der Waals surface area contributed by atoms with E-state index in [1.54, 1.807) is 19.2 Å². The first kappa shape index (κ1) is 20.6. The fourth-order valence-corrected chi connectivity index (χ4v) is 3.25. The van der Waals surface area contributed by atoms with Gasteiger partial charge in [-0.3, -0.25) is 4.79 Å². The van der Waals surface area contributed by atoms with Crippen molar-refractivity contribution in [2.45, 2.75) is 6.54 Å². The summed E-state index contributed by atoms with van der Waals surface area (Å²) >= 11 is 5.73. The molecule has 0 atom stereocenters. The number of nitrogens with one attached hydrogen (secondary N) is 3. The van der Waals surface area contributed by atoms with Crippen molar-refractivity contribution >= 4 is 45.9 Å². The minimum Gasteiger partial charge on any atom is -0.365 e. The first-order valence-electron chi connectivity index (χ1n) is 9.57. The first-order chi connectivity index (χ1) is 15.0. The van der Waals surface area contributed by atoms with Crippen LogP contribution in [0.5, 0.6) is 0 Å². The average molecular weight is 436 g/mol. The van der Waals surface area contributed by atoms with E-state index < -0.39 is 11.7 Å². The molecule has 0 radical (unpaired) electrons. The molecule has 0 saturated heterocycles. The standard InChI is InChI=1S/C23H19ClFN5O/c1-26-23-29-20-5-3-2-4-18(20)21(30-23)27-13-14-6-9-16(10-7-14)28-22(31)17-11-8-15(24)12-19(17)25/h2-12H,13H2,1H3,(H,28,31)(H2,26,27,29,30). The minimum absolute atomic E-state index is 0.0638. The lowest BCUT2D eigenvalue weighted by molar-refractivity contribution is 0.102. The van der Waals surface area contributed by atoms with E-state index >= 15 is 0 Å². The lowest BCUT2D eigenvalue weighted by Gasteiger charge is -2.11. The Bertz CT molecular complexity index is 1250. The molecule has 1 aromatic heterocycles. The van der Waals surface area contributed by atoms with E-state index in [1.165, 1.54) is 12.1 Å². The minimum atomic E-state index is -0.663. The van der Waals surface area contributed by atoms with Crippen molar-refractivity contribution in [3.8, 4) is 0 Å². The van der Waals surface area contributed by atoms with Gasteiger partial charge in [0.05, 0.1) is 11.1 Å². The van der Waals surface area contributed by atoms with Crippen molar-refractivity contribution in [1.82, 2.24) is 9.97 Å². The van der Waals surface area contributed by atoms with Crippen LogP contribution in [0.1, 0.15) is 15.9 Å².